The van der Waals surface area contributed by atoms with Crippen molar-refractivity contribution < 1.29 is 14.3 Å². The van der Waals surface area contributed by atoms with Gasteiger partial charge in [0.2, 0.25) is 0 Å². The first-order valence-corrected chi connectivity index (χ1v) is 4.78. The highest BCUT2D eigenvalue weighted by Crippen LogP contribution is 2.22. The molecule has 1 unspecified atom stereocenters. The van der Waals surface area contributed by atoms with Gasteiger partial charge in [-0.25, -0.2) is 4.39 Å². The third-order valence-corrected chi connectivity index (χ3v) is 2.26. The lowest BCUT2D eigenvalue weighted by Gasteiger charge is -2.12. The van der Waals surface area contributed by atoms with Crippen LogP contribution >= 0.6 is 0 Å². The topological polar surface area (TPSA) is 49.3 Å². The molecule has 0 aliphatic rings. The van der Waals surface area contributed by atoms with Crippen LogP contribution in [0.2, 0.25) is 0 Å². The zero-order valence-corrected chi connectivity index (χ0v) is 8.53. The molecule has 0 bridgehead atoms. The average molecular weight is 211 g/mol. The molecule has 4 heteroatoms. The molecule has 0 amide bonds. The quantitative estimate of drug-likeness (QED) is 0.777. The van der Waals surface area contributed by atoms with Gasteiger partial charge in [-0.15, -0.1) is 0 Å². The number of carboxylic acid groups (broad SMARTS) is 1. The van der Waals surface area contributed by atoms with E-state index < -0.39 is 17.7 Å². The number of rotatable bonds is 5. The fourth-order valence-corrected chi connectivity index (χ4v) is 1.46. The Morgan fingerprint density at radius 1 is 1.53 bits per heavy atom. The molecule has 0 aliphatic heterocycles. The lowest BCUT2D eigenvalue weighted by Crippen LogP contribution is -2.19. The average Bonchev–Trinajstić information content (AvgIpc) is 2.20. The lowest BCUT2D eigenvalue weighted by atomic mass is 9.95. The van der Waals surface area contributed by atoms with Crippen molar-refractivity contribution in [1.82, 2.24) is 5.32 Å². The van der Waals surface area contributed by atoms with Crippen LogP contribution in [-0.4, -0.2) is 24.7 Å². The zero-order valence-electron chi connectivity index (χ0n) is 8.53. The van der Waals surface area contributed by atoms with Gasteiger partial charge in [-0.2, -0.15) is 0 Å². The van der Waals surface area contributed by atoms with E-state index in [0.29, 0.717) is 13.0 Å². The van der Waals surface area contributed by atoms with E-state index in [1.54, 1.807) is 19.2 Å². The second-order valence-corrected chi connectivity index (χ2v) is 3.30. The van der Waals surface area contributed by atoms with Gasteiger partial charge >= 0.3 is 5.97 Å². The largest absolute Gasteiger partial charge is 0.481 e. The molecule has 3 nitrogen and oxygen atoms in total. The molecule has 15 heavy (non-hydrogen) atoms. The molecule has 2 N–H and O–H groups in total. The molecule has 0 saturated carbocycles. The van der Waals surface area contributed by atoms with E-state index in [1.165, 1.54) is 12.1 Å². The van der Waals surface area contributed by atoms with Gasteiger partial charge in [-0.05, 0) is 26.1 Å². The highest BCUT2D eigenvalue weighted by molar-refractivity contribution is 5.76. The maximum Gasteiger partial charge on any atom is 0.311 e. The maximum atomic E-state index is 13.3. The molecule has 82 valence electrons. The Bertz CT molecular complexity index is 341. The highest BCUT2D eigenvalue weighted by Gasteiger charge is 2.21. The van der Waals surface area contributed by atoms with Crippen molar-refractivity contribution in [2.45, 2.75) is 12.3 Å². The van der Waals surface area contributed by atoms with Crippen molar-refractivity contribution in [3.63, 3.8) is 0 Å². The first-order valence-electron chi connectivity index (χ1n) is 4.78. The maximum absolute atomic E-state index is 13.3. The highest BCUT2D eigenvalue weighted by atomic mass is 19.1. The summed E-state index contributed by atoms with van der Waals surface area (Å²) in [5.74, 6) is -2.23. The van der Waals surface area contributed by atoms with Crippen molar-refractivity contribution in [2.75, 3.05) is 13.6 Å². The molecule has 1 atom stereocenters. The lowest BCUT2D eigenvalue weighted by molar-refractivity contribution is -0.139. The van der Waals surface area contributed by atoms with Gasteiger partial charge in [0.05, 0.1) is 5.92 Å². The molecule has 0 heterocycles. The minimum Gasteiger partial charge on any atom is -0.481 e. The predicted octanol–water partition coefficient (Wildman–Crippen LogP) is 1.60. The summed E-state index contributed by atoms with van der Waals surface area (Å²) in [4.78, 5) is 11.0. The van der Waals surface area contributed by atoms with E-state index in [0.717, 1.165) is 0 Å². The van der Waals surface area contributed by atoms with E-state index in [-0.39, 0.29) is 5.56 Å². The fourth-order valence-electron chi connectivity index (χ4n) is 1.46. The van der Waals surface area contributed by atoms with Crippen LogP contribution in [0.3, 0.4) is 0 Å². The molecule has 0 aliphatic carbocycles. The minimum absolute atomic E-state index is 0.250. The van der Waals surface area contributed by atoms with Crippen LogP contribution < -0.4 is 5.32 Å². The van der Waals surface area contributed by atoms with E-state index >= 15 is 0 Å². The summed E-state index contributed by atoms with van der Waals surface area (Å²) >= 11 is 0. The summed E-state index contributed by atoms with van der Waals surface area (Å²) in [6, 6.07) is 6.00. The summed E-state index contributed by atoms with van der Waals surface area (Å²) in [6.07, 6.45) is 0.382. The summed E-state index contributed by atoms with van der Waals surface area (Å²) in [6.45, 7) is 0.547. The van der Waals surface area contributed by atoms with E-state index in [4.69, 9.17) is 5.11 Å². The van der Waals surface area contributed by atoms with E-state index in [1.807, 2.05) is 0 Å². The number of carbonyl (C=O) groups is 1. The van der Waals surface area contributed by atoms with Gasteiger partial charge < -0.3 is 10.4 Å². The van der Waals surface area contributed by atoms with Crippen LogP contribution in [0.5, 0.6) is 0 Å². The first-order chi connectivity index (χ1) is 7.16. The molecular formula is C11H14FNO2. The van der Waals surface area contributed by atoms with Crippen LogP contribution in [0.1, 0.15) is 17.9 Å². The fraction of sp³-hybridized carbons (Fsp3) is 0.364. The minimum atomic E-state index is -0.990. The summed E-state index contributed by atoms with van der Waals surface area (Å²) in [5, 5.41) is 11.8. The normalized spacial score (nSPS) is 12.4. The standard InChI is InChI=1S/C11H14FNO2/c1-13-7-6-9(11(14)15)8-4-2-3-5-10(8)12/h2-5,9,13H,6-7H2,1H3,(H,14,15). The number of benzene rings is 1. The summed E-state index contributed by atoms with van der Waals surface area (Å²) in [7, 11) is 1.74. The van der Waals surface area contributed by atoms with Crippen LogP contribution in [0, 0.1) is 5.82 Å². The van der Waals surface area contributed by atoms with Crippen LogP contribution in [0.15, 0.2) is 24.3 Å². The molecular weight excluding hydrogens is 197 g/mol. The van der Waals surface area contributed by atoms with Gasteiger partial charge in [0.25, 0.3) is 0 Å². The van der Waals surface area contributed by atoms with E-state index in [2.05, 4.69) is 5.32 Å². The molecule has 0 spiro atoms. The van der Waals surface area contributed by atoms with Gasteiger partial charge in [0.15, 0.2) is 0 Å². The third-order valence-electron chi connectivity index (χ3n) is 2.26. The predicted molar refractivity (Wildman–Crippen MR) is 55.3 cm³/mol. The second-order valence-electron chi connectivity index (χ2n) is 3.30. The second kappa shape index (κ2) is 5.46. The monoisotopic (exact) mass is 211 g/mol. The zero-order chi connectivity index (χ0) is 11.3. The number of hydrogen-bond donors (Lipinski definition) is 2. The van der Waals surface area contributed by atoms with Gasteiger partial charge in [0.1, 0.15) is 5.82 Å². The molecule has 0 aromatic heterocycles. The Labute approximate surface area is 87.9 Å². The molecule has 0 fully saturated rings. The van der Waals surface area contributed by atoms with Gasteiger partial charge in [0, 0.05) is 5.56 Å². The Balaban J connectivity index is 2.89. The Morgan fingerprint density at radius 2 is 2.20 bits per heavy atom. The van der Waals surface area contributed by atoms with Gasteiger partial charge in [-0.3, -0.25) is 4.79 Å². The van der Waals surface area contributed by atoms with Crippen LogP contribution in [0.4, 0.5) is 4.39 Å². The van der Waals surface area contributed by atoms with Crippen molar-refractivity contribution in [3.05, 3.63) is 35.6 Å². The van der Waals surface area contributed by atoms with Gasteiger partial charge in [-0.1, -0.05) is 18.2 Å². The summed E-state index contributed by atoms with van der Waals surface area (Å²) < 4.78 is 13.3. The molecule has 0 radical (unpaired) electrons. The van der Waals surface area contributed by atoms with Crippen LogP contribution in [0.25, 0.3) is 0 Å². The number of nitrogens with one attached hydrogen (secondary N) is 1. The molecule has 1 rings (SSSR count). The molecule has 0 saturated heterocycles. The molecule has 1 aromatic carbocycles. The Morgan fingerprint density at radius 3 is 2.73 bits per heavy atom. The van der Waals surface area contributed by atoms with E-state index in [9.17, 15) is 9.18 Å². The number of hydrogen-bond acceptors (Lipinski definition) is 2. The Kier molecular flexibility index (Phi) is 4.24. The smallest absolute Gasteiger partial charge is 0.311 e. The SMILES string of the molecule is CNCCC(C(=O)O)c1ccccc1F. The van der Waals surface area contributed by atoms with Crippen molar-refractivity contribution in [3.8, 4) is 0 Å². The van der Waals surface area contributed by atoms with Crippen molar-refractivity contribution >= 4 is 5.97 Å². The number of halogens is 1. The third kappa shape index (κ3) is 3.02. The number of carboxylic acids is 1. The molecule has 1 aromatic rings. The number of aliphatic carboxylic acids is 1. The van der Waals surface area contributed by atoms with Crippen molar-refractivity contribution in [2.24, 2.45) is 0 Å². The van der Waals surface area contributed by atoms with Crippen molar-refractivity contribution in [1.29, 1.82) is 0 Å². The Hall–Kier alpha value is -1.42. The first kappa shape index (κ1) is 11.7. The summed E-state index contributed by atoms with van der Waals surface area (Å²) in [5.41, 5.74) is 0.250. The van der Waals surface area contributed by atoms with Crippen LogP contribution in [-0.2, 0) is 4.79 Å².